The summed E-state index contributed by atoms with van der Waals surface area (Å²) >= 11 is 6.15. The first-order chi connectivity index (χ1) is 19.4. The van der Waals surface area contributed by atoms with Gasteiger partial charge in [0.05, 0.1) is 29.3 Å². The summed E-state index contributed by atoms with van der Waals surface area (Å²) in [4.78, 5) is 11.3. The van der Waals surface area contributed by atoms with Gasteiger partial charge in [-0.05, 0) is 55.3 Å². The molecule has 7 nitrogen and oxygen atoms in total. The summed E-state index contributed by atoms with van der Waals surface area (Å²) < 4.78 is 98.7. The Bertz CT molecular complexity index is 1580. The Morgan fingerprint density at radius 3 is 2.56 bits per heavy atom. The van der Waals surface area contributed by atoms with Gasteiger partial charge in [0.1, 0.15) is 29.2 Å². The van der Waals surface area contributed by atoms with E-state index >= 15 is 4.39 Å². The van der Waals surface area contributed by atoms with E-state index in [9.17, 15) is 26.4 Å². The largest absolute Gasteiger partial charge is 0.486 e. The number of hydrogen-bond donors (Lipinski definition) is 0. The first-order valence-electron chi connectivity index (χ1n) is 12.2. The molecule has 0 aromatic heterocycles. The van der Waals surface area contributed by atoms with Crippen molar-refractivity contribution < 1.29 is 45.0 Å². The summed E-state index contributed by atoms with van der Waals surface area (Å²) in [6.45, 7) is -1.95. The molecule has 3 aromatic carbocycles. The molecule has 1 heterocycles. The van der Waals surface area contributed by atoms with Gasteiger partial charge < -0.3 is 14.2 Å². The Kier molecular flexibility index (Phi) is 9.13. The summed E-state index contributed by atoms with van der Waals surface area (Å²) in [6, 6.07) is 10.8. The highest BCUT2D eigenvalue weighted by atomic mass is 35.5. The average Bonchev–Trinajstić information content (AvgIpc) is 2.91. The number of anilines is 1. The molecule has 1 unspecified atom stereocenters. The Balaban J connectivity index is 1.81. The molecular formula is C28H24ClF4NO6S. The van der Waals surface area contributed by atoms with Gasteiger partial charge in [-0.25, -0.2) is 17.2 Å². The number of fused-ring (bicyclic) bond motifs is 1. The van der Waals surface area contributed by atoms with Crippen LogP contribution in [0, 0.1) is 11.6 Å². The van der Waals surface area contributed by atoms with Crippen molar-refractivity contribution in [1.29, 1.82) is 0 Å². The van der Waals surface area contributed by atoms with Crippen LogP contribution < -0.4 is 13.8 Å². The van der Waals surface area contributed by atoms with Crippen LogP contribution in [0.15, 0.2) is 59.5 Å². The average molecular weight is 614 g/mol. The fourth-order valence-corrected chi connectivity index (χ4v) is 6.18. The van der Waals surface area contributed by atoms with Crippen molar-refractivity contribution in [2.45, 2.75) is 37.4 Å². The number of methoxy groups -OCH3 is 1. The molecule has 1 aliphatic heterocycles. The first kappa shape index (κ1) is 30.2. The van der Waals surface area contributed by atoms with Crippen LogP contribution in [0.4, 0.5) is 23.2 Å². The van der Waals surface area contributed by atoms with Crippen molar-refractivity contribution in [3.63, 3.8) is 0 Å². The van der Waals surface area contributed by atoms with Gasteiger partial charge in [-0.15, -0.1) is 0 Å². The number of allylic oxidation sites excluding steroid dienone is 1. The Hall–Kier alpha value is -3.77. The predicted octanol–water partition coefficient (Wildman–Crippen LogP) is 6.69. The van der Waals surface area contributed by atoms with E-state index in [-0.39, 0.29) is 63.2 Å². The number of esters is 1. The minimum absolute atomic E-state index is 0.0425. The van der Waals surface area contributed by atoms with Crippen LogP contribution in [-0.4, -0.2) is 40.8 Å². The highest BCUT2D eigenvalue weighted by Crippen LogP contribution is 2.41. The third-order valence-electron chi connectivity index (χ3n) is 6.26. The maximum Gasteiger partial charge on any atom is 0.387 e. The lowest BCUT2D eigenvalue weighted by Gasteiger charge is -2.35. The molecule has 4 rings (SSSR count). The second kappa shape index (κ2) is 12.4. The minimum Gasteiger partial charge on any atom is -0.486 e. The van der Waals surface area contributed by atoms with Gasteiger partial charge in [-0.3, -0.25) is 9.10 Å². The molecule has 0 saturated carbocycles. The van der Waals surface area contributed by atoms with Crippen molar-refractivity contribution in [2.75, 3.05) is 18.0 Å². The molecule has 0 radical (unpaired) electrons. The standard InChI is InChI=1S/C28H24ClF4NO6S/c1-16(27-21(29)7-4-8-22(27)30)11-17-12-24-25(14-23(17)31)39-19(9-10-26(35)38-2)15-34(24)41(36,37)20-6-3-5-18(13-20)40-28(32)33/h3-8,11-14,19,28H,9-10,15H2,1-2H3/b16-11+. The first-order valence-corrected chi connectivity index (χ1v) is 14.0. The molecule has 0 N–H and O–H groups in total. The number of alkyl halides is 2. The highest BCUT2D eigenvalue weighted by Gasteiger charge is 2.36. The number of carbonyl (C=O) groups is 1. The van der Waals surface area contributed by atoms with Crippen LogP contribution in [0.5, 0.6) is 11.5 Å². The van der Waals surface area contributed by atoms with E-state index in [0.717, 1.165) is 16.4 Å². The van der Waals surface area contributed by atoms with E-state index in [1.165, 1.54) is 62.6 Å². The van der Waals surface area contributed by atoms with Crippen LogP contribution in [-0.2, 0) is 19.6 Å². The van der Waals surface area contributed by atoms with Gasteiger partial charge in [0.25, 0.3) is 10.0 Å². The molecule has 1 aliphatic rings. The highest BCUT2D eigenvalue weighted by molar-refractivity contribution is 7.92. The quantitative estimate of drug-likeness (QED) is 0.152. The molecule has 0 fully saturated rings. The van der Waals surface area contributed by atoms with E-state index in [4.69, 9.17) is 16.3 Å². The molecular weight excluding hydrogens is 590 g/mol. The van der Waals surface area contributed by atoms with E-state index < -0.39 is 40.3 Å². The van der Waals surface area contributed by atoms with Crippen molar-refractivity contribution in [2.24, 2.45) is 0 Å². The van der Waals surface area contributed by atoms with Gasteiger partial charge in [-0.2, -0.15) is 8.78 Å². The van der Waals surface area contributed by atoms with Gasteiger partial charge in [0.2, 0.25) is 0 Å². The molecule has 0 amide bonds. The summed E-state index contributed by atoms with van der Waals surface area (Å²) in [5.41, 5.74) is 0.170. The Morgan fingerprint density at radius 2 is 1.88 bits per heavy atom. The summed E-state index contributed by atoms with van der Waals surface area (Å²) in [5.74, 6) is -2.49. The smallest absolute Gasteiger partial charge is 0.387 e. The van der Waals surface area contributed by atoms with Crippen molar-refractivity contribution in [1.82, 2.24) is 0 Å². The number of ether oxygens (including phenoxy) is 3. The van der Waals surface area contributed by atoms with Crippen LogP contribution in [0.3, 0.4) is 0 Å². The van der Waals surface area contributed by atoms with Crippen LogP contribution in [0.25, 0.3) is 11.6 Å². The number of nitrogens with zero attached hydrogens (tertiary/aromatic N) is 1. The minimum atomic E-state index is -4.45. The fraction of sp³-hybridized carbons (Fsp3) is 0.250. The summed E-state index contributed by atoms with van der Waals surface area (Å²) in [7, 11) is -3.25. The molecule has 0 aliphatic carbocycles. The lowest BCUT2D eigenvalue weighted by atomic mass is 10.0. The molecule has 3 aromatic rings. The summed E-state index contributed by atoms with van der Waals surface area (Å²) in [6.07, 6.45) is 0.372. The van der Waals surface area contributed by atoms with Gasteiger partial charge >= 0.3 is 12.6 Å². The zero-order valence-electron chi connectivity index (χ0n) is 21.7. The Morgan fingerprint density at radius 1 is 1.15 bits per heavy atom. The SMILES string of the molecule is COC(=O)CCC1CN(S(=O)(=O)c2cccc(OC(F)F)c2)c2cc(/C=C(\C)c3c(F)cccc3Cl)c(F)cc2O1. The van der Waals surface area contributed by atoms with Gasteiger partial charge in [0.15, 0.2) is 0 Å². The second-order valence-corrected chi connectivity index (χ2v) is 11.3. The fourth-order valence-electron chi connectivity index (χ4n) is 4.34. The molecule has 0 bridgehead atoms. The van der Waals surface area contributed by atoms with Gasteiger partial charge in [0, 0.05) is 29.7 Å². The van der Waals surface area contributed by atoms with Crippen molar-refractivity contribution >= 4 is 44.9 Å². The molecule has 218 valence electrons. The summed E-state index contributed by atoms with van der Waals surface area (Å²) in [5, 5.41) is 0.101. The maximum atomic E-state index is 15.3. The number of rotatable bonds is 9. The number of halogens is 5. The Labute approximate surface area is 238 Å². The predicted molar refractivity (Wildman–Crippen MR) is 145 cm³/mol. The third kappa shape index (κ3) is 6.76. The van der Waals surface area contributed by atoms with Crippen LogP contribution in [0.1, 0.15) is 30.9 Å². The number of hydrogen-bond acceptors (Lipinski definition) is 6. The normalized spacial score (nSPS) is 15.4. The molecule has 0 spiro atoms. The topological polar surface area (TPSA) is 82.1 Å². The van der Waals surface area contributed by atoms with Gasteiger partial charge in [-0.1, -0.05) is 23.7 Å². The molecule has 41 heavy (non-hydrogen) atoms. The van der Waals surface area contributed by atoms with Crippen molar-refractivity contribution in [3.05, 3.63) is 82.4 Å². The lowest BCUT2D eigenvalue weighted by Crippen LogP contribution is -2.43. The zero-order chi connectivity index (χ0) is 29.9. The molecule has 0 saturated heterocycles. The van der Waals surface area contributed by atoms with Crippen molar-refractivity contribution in [3.8, 4) is 11.5 Å². The number of benzene rings is 3. The van der Waals surface area contributed by atoms with Crippen LogP contribution in [0.2, 0.25) is 5.02 Å². The monoisotopic (exact) mass is 613 g/mol. The van der Waals surface area contributed by atoms with E-state index in [1.54, 1.807) is 0 Å². The number of sulfonamides is 1. The van der Waals surface area contributed by atoms with E-state index in [0.29, 0.717) is 0 Å². The third-order valence-corrected chi connectivity index (χ3v) is 8.35. The zero-order valence-corrected chi connectivity index (χ0v) is 23.3. The molecule has 13 heteroatoms. The van der Waals surface area contributed by atoms with E-state index in [1.807, 2.05) is 0 Å². The number of carbonyl (C=O) groups excluding carboxylic acids is 1. The lowest BCUT2D eigenvalue weighted by molar-refractivity contribution is -0.141. The maximum absolute atomic E-state index is 15.3. The molecule has 1 atom stereocenters. The van der Waals surface area contributed by atoms with E-state index in [2.05, 4.69) is 9.47 Å². The second-order valence-electron chi connectivity index (χ2n) is 9.01. The van der Waals surface area contributed by atoms with Crippen LogP contribution >= 0.6 is 11.6 Å².